The molecule has 8 heteroatoms. The van der Waals surface area contributed by atoms with Gasteiger partial charge in [-0.1, -0.05) is 12.1 Å². The molecule has 1 aliphatic heterocycles. The van der Waals surface area contributed by atoms with Crippen molar-refractivity contribution in [2.75, 3.05) is 51.7 Å². The lowest BCUT2D eigenvalue weighted by Gasteiger charge is -2.38. The average Bonchev–Trinajstić information content (AvgIpc) is 2.62. The third kappa shape index (κ3) is 5.46. The van der Waals surface area contributed by atoms with Gasteiger partial charge in [0, 0.05) is 46.8 Å². The topological polar surface area (TPSA) is 60.0 Å². The molecule has 1 heterocycles. The van der Waals surface area contributed by atoms with E-state index in [9.17, 15) is 9.18 Å². The van der Waals surface area contributed by atoms with Gasteiger partial charge in [-0.05, 0) is 26.0 Å². The Labute approximate surface area is 172 Å². The lowest BCUT2D eigenvalue weighted by atomic mass is 9.92. The van der Waals surface area contributed by atoms with Crippen molar-refractivity contribution >= 4 is 41.5 Å². The number of anilines is 1. The SMILES string of the molecule is CN=C(NCC(C)(C)C(=O)NC)N1CCN(c2ccccc2F)CC1.I. The number of hydrogen-bond acceptors (Lipinski definition) is 3. The molecule has 0 aromatic heterocycles. The third-order valence-corrected chi connectivity index (χ3v) is 4.51. The van der Waals surface area contributed by atoms with Gasteiger partial charge in [0.15, 0.2) is 5.96 Å². The van der Waals surface area contributed by atoms with E-state index in [2.05, 4.69) is 20.5 Å². The largest absolute Gasteiger partial charge is 0.366 e. The molecule has 2 N–H and O–H groups in total. The van der Waals surface area contributed by atoms with E-state index in [0.717, 1.165) is 32.1 Å². The number of rotatable bonds is 4. The molecule has 6 nitrogen and oxygen atoms in total. The fourth-order valence-corrected chi connectivity index (χ4v) is 2.92. The van der Waals surface area contributed by atoms with Gasteiger partial charge < -0.3 is 20.4 Å². The van der Waals surface area contributed by atoms with Crippen LogP contribution in [0.25, 0.3) is 0 Å². The Hall–Kier alpha value is -1.58. The Morgan fingerprint density at radius 1 is 1.23 bits per heavy atom. The number of carbonyl (C=O) groups is 1. The Morgan fingerprint density at radius 3 is 2.38 bits per heavy atom. The molecule has 146 valence electrons. The molecule has 0 aliphatic carbocycles. The summed E-state index contributed by atoms with van der Waals surface area (Å²) in [5, 5.41) is 5.96. The van der Waals surface area contributed by atoms with Crippen LogP contribution in [0.3, 0.4) is 0 Å². The summed E-state index contributed by atoms with van der Waals surface area (Å²) in [5.74, 6) is 0.566. The van der Waals surface area contributed by atoms with Crippen LogP contribution in [0.2, 0.25) is 0 Å². The van der Waals surface area contributed by atoms with Gasteiger partial charge in [0.2, 0.25) is 5.91 Å². The fraction of sp³-hybridized carbons (Fsp3) is 0.556. The third-order valence-electron chi connectivity index (χ3n) is 4.51. The van der Waals surface area contributed by atoms with Gasteiger partial charge in [0.05, 0.1) is 11.1 Å². The van der Waals surface area contributed by atoms with E-state index in [1.54, 1.807) is 20.2 Å². The first-order valence-electron chi connectivity index (χ1n) is 8.56. The summed E-state index contributed by atoms with van der Waals surface area (Å²) < 4.78 is 13.9. The van der Waals surface area contributed by atoms with Gasteiger partial charge >= 0.3 is 0 Å². The summed E-state index contributed by atoms with van der Waals surface area (Å²) in [7, 11) is 3.37. The van der Waals surface area contributed by atoms with Gasteiger partial charge in [-0.15, -0.1) is 24.0 Å². The zero-order valence-electron chi connectivity index (χ0n) is 15.9. The van der Waals surface area contributed by atoms with Crippen molar-refractivity contribution in [1.29, 1.82) is 0 Å². The standard InChI is InChI=1S/C18H28FN5O.HI/c1-18(2,16(25)20-3)13-22-17(21-4)24-11-9-23(10-12-24)15-8-6-5-7-14(15)19;/h5-8H,9-13H2,1-4H3,(H,20,25)(H,21,22);1H. The molecule has 0 spiro atoms. The molecular weight excluding hydrogens is 448 g/mol. The highest BCUT2D eigenvalue weighted by Crippen LogP contribution is 2.20. The molecular formula is C18H29FIN5O. The van der Waals surface area contributed by atoms with E-state index in [0.29, 0.717) is 12.2 Å². The Morgan fingerprint density at radius 2 is 1.85 bits per heavy atom. The fourth-order valence-electron chi connectivity index (χ4n) is 2.92. The quantitative estimate of drug-likeness (QED) is 0.396. The van der Waals surface area contributed by atoms with Crippen LogP contribution in [0.4, 0.5) is 10.1 Å². The van der Waals surface area contributed by atoms with Crippen LogP contribution in [-0.2, 0) is 4.79 Å². The van der Waals surface area contributed by atoms with E-state index in [-0.39, 0.29) is 35.7 Å². The molecule has 1 amide bonds. The number of halogens is 2. The molecule has 1 aromatic carbocycles. The Kier molecular flexibility index (Phi) is 8.58. The molecule has 1 aliphatic rings. The maximum Gasteiger partial charge on any atom is 0.227 e. The van der Waals surface area contributed by atoms with Crippen LogP contribution in [0.1, 0.15) is 13.8 Å². The number of carbonyl (C=O) groups excluding carboxylic acids is 1. The summed E-state index contributed by atoms with van der Waals surface area (Å²) in [5.41, 5.74) is 0.116. The minimum Gasteiger partial charge on any atom is -0.366 e. The smallest absolute Gasteiger partial charge is 0.227 e. The molecule has 1 fully saturated rings. The monoisotopic (exact) mass is 477 g/mol. The van der Waals surface area contributed by atoms with Crippen molar-refractivity contribution in [3.8, 4) is 0 Å². The van der Waals surface area contributed by atoms with Gasteiger partial charge in [-0.25, -0.2) is 4.39 Å². The number of nitrogens with zero attached hydrogens (tertiary/aromatic N) is 3. The van der Waals surface area contributed by atoms with Crippen LogP contribution in [0, 0.1) is 11.2 Å². The number of hydrogen-bond donors (Lipinski definition) is 2. The number of para-hydroxylation sites is 1. The zero-order valence-corrected chi connectivity index (χ0v) is 18.2. The number of amides is 1. The lowest BCUT2D eigenvalue weighted by molar-refractivity contribution is -0.128. The first kappa shape index (κ1) is 22.5. The normalized spacial score (nSPS) is 15.3. The number of guanidine groups is 1. The number of piperazine rings is 1. The van der Waals surface area contributed by atoms with Gasteiger partial charge in [-0.3, -0.25) is 9.79 Å². The first-order valence-corrected chi connectivity index (χ1v) is 8.56. The average molecular weight is 477 g/mol. The predicted octanol–water partition coefficient (Wildman–Crippen LogP) is 1.91. The Balaban J connectivity index is 0.00000338. The van der Waals surface area contributed by atoms with E-state index in [1.807, 2.05) is 30.9 Å². The molecule has 2 rings (SSSR count). The second kappa shape index (κ2) is 9.94. The van der Waals surface area contributed by atoms with Gasteiger partial charge in [-0.2, -0.15) is 0 Å². The van der Waals surface area contributed by atoms with Gasteiger partial charge in [0.25, 0.3) is 0 Å². The first-order chi connectivity index (χ1) is 11.9. The maximum atomic E-state index is 13.9. The number of benzene rings is 1. The highest BCUT2D eigenvalue weighted by atomic mass is 127. The second-order valence-corrected chi connectivity index (χ2v) is 6.79. The molecule has 26 heavy (non-hydrogen) atoms. The summed E-state index contributed by atoms with van der Waals surface area (Å²) in [4.78, 5) is 20.4. The molecule has 0 saturated carbocycles. The van der Waals surface area contributed by atoms with Gasteiger partial charge in [0.1, 0.15) is 5.82 Å². The van der Waals surface area contributed by atoms with Crippen molar-refractivity contribution < 1.29 is 9.18 Å². The van der Waals surface area contributed by atoms with E-state index in [4.69, 9.17) is 0 Å². The lowest BCUT2D eigenvalue weighted by Crippen LogP contribution is -2.54. The number of aliphatic imine (C=N–C) groups is 1. The molecule has 1 aromatic rings. The van der Waals surface area contributed by atoms with Crippen LogP contribution < -0.4 is 15.5 Å². The van der Waals surface area contributed by atoms with Crippen LogP contribution in [-0.4, -0.2) is 63.6 Å². The summed E-state index contributed by atoms with van der Waals surface area (Å²) in [6.07, 6.45) is 0. The van der Waals surface area contributed by atoms with Crippen molar-refractivity contribution in [2.45, 2.75) is 13.8 Å². The van der Waals surface area contributed by atoms with E-state index in [1.165, 1.54) is 6.07 Å². The number of nitrogens with one attached hydrogen (secondary N) is 2. The summed E-state index contributed by atoms with van der Waals surface area (Å²) >= 11 is 0. The molecule has 0 atom stereocenters. The summed E-state index contributed by atoms with van der Waals surface area (Å²) in [6.45, 7) is 7.21. The van der Waals surface area contributed by atoms with Crippen molar-refractivity contribution in [3.05, 3.63) is 30.1 Å². The summed E-state index contributed by atoms with van der Waals surface area (Å²) in [6, 6.07) is 6.86. The Bertz CT molecular complexity index is 630. The van der Waals surface area contributed by atoms with Crippen LogP contribution in [0.5, 0.6) is 0 Å². The molecule has 1 saturated heterocycles. The minimum atomic E-state index is -0.528. The second-order valence-electron chi connectivity index (χ2n) is 6.79. The maximum absolute atomic E-state index is 13.9. The molecule has 0 radical (unpaired) electrons. The van der Waals surface area contributed by atoms with E-state index >= 15 is 0 Å². The zero-order chi connectivity index (χ0) is 18.4. The van der Waals surface area contributed by atoms with E-state index < -0.39 is 5.41 Å². The van der Waals surface area contributed by atoms with Crippen LogP contribution in [0.15, 0.2) is 29.3 Å². The predicted molar refractivity (Wildman–Crippen MR) is 115 cm³/mol. The van der Waals surface area contributed by atoms with Crippen molar-refractivity contribution in [2.24, 2.45) is 10.4 Å². The minimum absolute atomic E-state index is 0. The highest BCUT2D eigenvalue weighted by molar-refractivity contribution is 14.0. The molecule has 0 bridgehead atoms. The molecule has 0 unspecified atom stereocenters. The highest BCUT2D eigenvalue weighted by Gasteiger charge is 2.28. The van der Waals surface area contributed by atoms with Crippen LogP contribution >= 0.6 is 24.0 Å². The van der Waals surface area contributed by atoms with Crippen molar-refractivity contribution in [3.63, 3.8) is 0 Å². The van der Waals surface area contributed by atoms with Crippen molar-refractivity contribution in [1.82, 2.24) is 15.5 Å².